The van der Waals surface area contributed by atoms with Gasteiger partial charge in [0, 0.05) is 11.6 Å². The van der Waals surface area contributed by atoms with Crippen LogP contribution >= 0.6 is 0 Å². The van der Waals surface area contributed by atoms with Crippen molar-refractivity contribution in [3.63, 3.8) is 0 Å². The maximum absolute atomic E-state index is 10.6. The summed E-state index contributed by atoms with van der Waals surface area (Å²) in [6.07, 6.45) is 2.33. The first kappa shape index (κ1) is 13.8. The Hall–Kier alpha value is -1.22. The molecular formula is C14H22O3. The van der Waals surface area contributed by atoms with Crippen molar-refractivity contribution in [2.45, 2.75) is 38.7 Å². The molecule has 0 aliphatic heterocycles. The van der Waals surface area contributed by atoms with Crippen LogP contribution in [0.2, 0.25) is 0 Å². The molecule has 17 heavy (non-hydrogen) atoms. The fraction of sp³-hybridized carbons (Fsp3) is 0.571. The highest BCUT2D eigenvalue weighted by Gasteiger charge is 2.29. The monoisotopic (exact) mass is 238 g/mol. The van der Waals surface area contributed by atoms with Gasteiger partial charge in [0.2, 0.25) is 0 Å². The molecule has 3 heteroatoms. The summed E-state index contributed by atoms with van der Waals surface area (Å²) >= 11 is 0. The lowest BCUT2D eigenvalue weighted by Gasteiger charge is -2.28. The second-order valence-electron chi connectivity index (χ2n) is 4.20. The average Bonchev–Trinajstić information content (AvgIpc) is 2.38. The second kappa shape index (κ2) is 5.92. The summed E-state index contributed by atoms with van der Waals surface area (Å²) in [5.41, 5.74) is 0.0250. The summed E-state index contributed by atoms with van der Waals surface area (Å²) < 4.78 is 10.5. The van der Waals surface area contributed by atoms with E-state index in [1.807, 2.05) is 25.1 Å². The first-order chi connectivity index (χ1) is 8.11. The Balaban J connectivity index is 3.19. The summed E-state index contributed by atoms with van der Waals surface area (Å²) in [4.78, 5) is 0. The highest BCUT2D eigenvalue weighted by atomic mass is 16.5. The van der Waals surface area contributed by atoms with Gasteiger partial charge in [-0.1, -0.05) is 20.3 Å². The molecular weight excluding hydrogens is 216 g/mol. The largest absolute Gasteiger partial charge is 0.497 e. The molecule has 0 bridgehead atoms. The predicted octanol–water partition coefficient (Wildman–Crippen LogP) is 3.10. The third-order valence-corrected chi connectivity index (χ3v) is 3.16. The normalized spacial score (nSPS) is 14.2. The van der Waals surface area contributed by atoms with Gasteiger partial charge in [0.25, 0.3) is 0 Å². The highest BCUT2D eigenvalue weighted by Crippen LogP contribution is 2.38. The molecule has 0 radical (unpaired) electrons. The van der Waals surface area contributed by atoms with Crippen LogP contribution in [-0.4, -0.2) is 19.3 Å². The number of aliphatic hydroxyl groups is 1. The molecule has 0 aromatic heterocycles. The van der Waals surface area contributed by atoms with Gasteiger partial charge in [-0.05, 0) is 25.0 Å². The Kier molecular flexibility index (Phi) is 4.82. The van der Waals surface area contributed by atoms with E-state index in [1.54, 1.807) is 14.2 Å². The standard InChI is InChI=1S/C14H22O3/c1-5-9-14(15,6-2)12-8-7-11(16-3)10-13(12)17-4/h7-8,10,15H,5-6,9H2,1-4H3. The summed E-state index contributed by atoms with van der Waals surface area (Å²) in [7, 11) is 3.23. The molecule has 1 aromatic carbocycles. The average molecular weight is 238 g/mol. The Morgan fingerprint density at radius 2 is 1.88 bits per heavy atom. The summed E-state index contributed by atoms with van der Waals surface area (Å²) in [6.45, 7) is 4.05. The van der Waals surface area contributed by atoms with Crippen LogP contribution in [0.15, 0.2) is 18.2 Å². The Morgan fingerprint density at radius 1 is 1.18 bits per heavy atom. The van der Waals surface area contributed by atoms with E-state index in [-0.39, 0.29) is 0 Å². The van der Waals surface area contributed by atoms with Crippen LogP contribution in [0.4, 0.5) is 0 Å². The highest BCUT2D eigenvalue weighted by molar-refractivity contribution is 5.43. The number of hydrogen-bond donors (Lipinski definition) is 1. The van der Waals surface area contributed by atoms with Crippen molar-refractivity contribution in [2.24, 2.45) is 0 Å². The lowest BCUT2D eigenvalue weighted by molar-refractivity contribution is 0.0203. The lowest BCUT2D eigenvalue weighted by Crippen LogP contribution is -2.25. The summed E-state index contributed by atoms with van der Waals surface area (Å²) in [5, 5.41) is 10.6. The van der Waals surface area contributed by atoms with Crippen molar-refractivity contribution >= 4 is 0 Å². The third-order valence-electron chi connectivity index (χ3n) is 3.16. The van der Waals surface area contributed by atoms with Crippen LogP contribution in [0.1, 0.15) is 38.7 Å². The minimum Gasteiger partial charge on any atom is -0.497 e. The summed E-state index contributed by atoms with van der Waals surface area (Å²) in [5.74, 6) is 1.42. The number of benzene rings is 1. The molecule has 1 atom stereocenters. The van der Waals surface area contributed by atoms with Crippen molar-refractivity contribution in [3.8, 4) is 11.5 Å². The second-order valence-corrected chi connectivity index (χ2v) is 4.20. The molecule has 1 N–H and O–H groups in total. The molecule has 96 valence electrons. The van der Waals surface area contributed by atoms with E-state index in [4.69, 9.17) is 9.47 Å². The Labute approximate surface area is 103 Å². The van der Waals surface area contributed by atoms with Gasteiger partial charge in [0.15, 0.2) is 0 Å². The van der Waals surface area contributed by atoms with Gasteiger partial charge in [-0.3, -0.25) is 0 Å². The SMILES string of the molecule is CCCC(O)(CC)c1ccc(OC)cc1OC. The molecule has 0 saturated heterocycles. The smallest absolute Gasteiger partial charge is 0.128 e. The molecule has 1 rings (SSSR count). The lowest BCUT2D eigenvalue weighted by atomic mass is 9.86. The minimum absolute atomic E-state index is 0.670. The van der Waals surface area contributed by atoms with Crippen LogP contribution in [0, 0.1) is 0 Å². The van der Waals surface area contributed by atoms with Crippen LogP contribution in [0.5, 0.6) is 11.5 Å². The van der Waals surface area contributed by atoms with E-state index in [2.05, 4.69) is 6.92 Å². The van der Waals surface area contributed by atoms with Crippen molar-refractivity contribution in [2.75, 3.05) is 14.2 Å². The molecule has 0 amide bonds. The molecule has 0 fully saturated rings. The van der Waals surface area contributed by atoms with Crippen molar-refractivity contribution in [1.82, 2.24) is 0 Å². The van der Waals surface area contributed by atoms with Gasteiger partial charge in [-0.2, -0.15) is 0 Å². The first-order valence-corrected chi connectivity index (χ1v) is 6.06. The summed E-state index contributed by atoms with van der Waals surface area (Å²) in [6, 6.07) is 5.55. The maximum atomic E-state index is 10.6. The zero-order valence-electron chi connectivity index (χ0n) is 11.1. The quantitative estimate of drug-likeness (QED) is 0.827. The van der Waals surface area contributed by atoms with E-state index < -0.39 is 5.60 Å². The van der Waals surface area contributed by atoms with Crippen molar-refractivity contribution < 1.29 is 14.6 Å². The van der Waals surface area contributed by atoms with Gasteiger partial charge in [0.1, 0.15) is 11.5 Å². The maximum Gasteiger partial charge on any atom is 0.128 e. The van der Waals surface area contributed by atoms with Gasteiger partial charge < -0.3 is 14.6 Å². The fourth-order valence-electron chi connectivity index (χ4n) is 2.10. The third kappa shape index (κ3) is 2.91. The topological polar surface area (TPSA) is 38.7 Å². The first-order valence-electron chi connectivity index (χ1n) is 6.06. The van der Waals surface area contributed by atoms with Crippen LogP contribution in [-0.2, 0) is 5.60 Å². The zero-order valence-corrected chi connectivity index (χ0v) is 11.1. The van der Waals surface area contributed by atoms with Gasteiger partial charge in [0.05, 0.1) is 19.8 Å². The van der Waals surface area contributed by atoms with Gasteiger partial charge in [-0.15, -0.1) is 0 Å². The molecule has 1 unspecified atom stereocenters. The molecule has 0 saturated carbocycles. The van der Waals surface area contributed by atoms with E-state index in [9.17, 15) is 5.11 Å². The van der Waals surface area contributed by atoms with E-state index >= 15 is 0 Å². The van der Waals surface area contributed by atoms with Gasteiger partial charge in [-0.25, -0.2) is 0 Å². The Morgan fingerprint density at radius 3 is 2.35 bits per heavy atom. The van der Waals surface area contributed by atoms with E-state index in [0.29, 0.717) is 12.2 Å². The molecule has 0 aliphatic carbocycles. The molecule has 0 heterocycles. The number of ether oxygens (including phenoxy) is 2. The van der Waals surface area contributed by atoms with E-state index in [0.717, 1.165) is 24.2 Å². The van der Waals surface area contributed by atoms with Gasteiger partial charge >= 0.3 is 0 Å². The van der Waals surface area contributed by atoms with Crippen LogP contribution in [0.25, 0.3) is 0 Å². The predicted molar refractivity (Wildman–Crippen MR) is 68.6 cm³/mol. The molecule has 0 aliphatic rings. The van der Waals surface area contributed by atoms with Crippen molar-refractivity contribution in [3.05, 3.63) is 23.8 Å². The molecule has 3 nitrogen and oxygen atoms in total. The number of rotatable bonds is 6. The van der Waals surface area contributed by atoms with Crippen molar-refractivity contribution in [1.29, 1.82) is 0 Å². The Bertz CT molecular complexity index is 362. The molecule has 1 aromatic rings. The number of methoxy groups -OCH3 is 2. The fourth-order valence-corrected chi connectivity index (χ4v) is 2.10. The van der Waals surface area contributed by atoms with Crippen LogP contribution < -0.4 is 9.47 Å². The molecule has 0 spiro atoms. The number of hydrogen-bond acceptors (Lipinski definition) is 3. The van der Waals surface area contributed by atoms with E-state index in [1.165, 1.54) is 0 Å². The zero-order chi connectivity index (χ0) is 12.9. The minimum atomic E-state index is -0.813. The van der Waals surface area contributed by atoms with Crippen LogP contribution in [0.3, 0.4) is 0 Å².